The van der Waals surface area contributed by atoms with Crippen molar-refractivity contribution in [3.8, 4) is 5.88 Å². The smallest absolute Gasteiger partial charge is 0.323 e. The van der Waals surface area contributed by atoms with Gasteiger partial charge in [0.15, 0.2) is 11.6 Å². The average molecular weight is 322 g/mol. The number of rotatable bonds is 4. The highest BCUT2D eigenvalue weighted by atomic mass is 19.2. The summed E-state index contributed by atoms with van der Waals surface area (Å²) in [5.41, 5.74) is 0.474. The number of nitrogens with one attached hydrogen (secondary N) is 1. The van der Waals surface area contributed by atoms with Crippen LogP contribution in [0.2, 0.25) is 0 Å². The van der Waals surface area contributed by atoms with E-state index < -0.39 is 23.7 Å². The monoisotopic (exact) mass is 322 g/mol. The highest BCUT2D eigenvalue weighted by Gasteiger charge is 2.19. The third kappa shape index (κ3) is 3.91. The second-order valence-corrected chi connectivity index (χ2v) is 4.84. The van der Waals surface area contributed by atoms with E-state index in [1.54, 1.807) is 14.0 Å². The molecule has 122 valence electrons. The maximum Gasteiger partial charge on any atom is 0.323 e. The van der Waals surface area contributed by atoms with Gasteiger partial charge in [0, 0.05) is 13.1 Å². The lowest BCUT2D eigenvalue weighted by atomic mass is 10.1. The second-order valence-electron chi connectivity index (χ2n) is 4.84. The van der Waals surface area contributed by atoms with Gasteiger partial charge in [-0.05, 0) is 24.6 Å². The standard InChI is InChI=1S/C15H16F2N4O2/c1-9(10-4-5-11(16)12(17)6-10)21(2)15(22)20-13-7-14(23-3)19-8-18-13/h4-9H,1-3H3,(H,18,19,20,22)/t9-/m1/s1. The minimum absolute atomic E-state index is 0.270. The van der Waals surface area contributed by atoms with Gasteiger partial charge in [0.05, 0.1) is 13.2 Å². The SMILES string of the molecule is COc1cc(NC(=O)N(C)[C@H](C)c2ccc(F)c(F)c2)ncn1. The molecule has 0 bridgehead atoms. The molecule has 0 radical (unpaired) electrons. The van der Waals surface area contributed by atoms with Crippen LogP contribution in [0.4, 0.5) is 19.4 Å². The number of anilines is 1. The van der Waals surface area contributed by atoms with Crippen molar-refractivity contribution >= 4 is 11.8 Å². The summed E-state index contributed by atoms with van der Waals surface area (Å²) in [5.74, 6) is -1.30. The van der Waals surface area contributed by atoms with Gasteiger partial charge in [0.2, 0.25) is 5.88 Å². The zero-order valence-corrected chi connectivity index (χ0v) is 12.9. The molecule has 6 nitrogen and oxygen atoms in total. The number of urea groups is 1. The van der Waals surface area contributed by atoms with Crippen molar-refractivity contribution in [1.29, 1.82) is 0 Å². The molecule has 1 atom stereocenters. The van der Waals surface area contributed by atoms with Crippen LogP contribution < -0.4 is 10.1 Å². The Morgan fingerprint density at radius 2 is 2.00 bits per heavy atom. The molecule has 1 aromatic heterocycles. The number of halogens is 2. The van der Waals surface area contributed by atoms with Gasteiger partial charge >= 0.3 is 6.03 Å². The van der Waals surface area contributed by atoms with Crippen LogP contribution in [0.15, 0.2) is 30.6 Å². The Bertz CT molecular complexity index is 712. The van der Waals surface area contributed by atoms with Gasteiger partial charge in [-0.1, -0.05) is 6.07 Å². The molecular weight excluding hydrogens is 306 g/mol. The van der Waals surface area contributed by atoms with E-state index in [2.05, 4.69) is 15.3 Å². The molecule has 1 aromatic carbocycles. The fourth-order valence-corrected chi connectivity index (χ4v) is 1.89. The molecule has 8 heteroatoms. The Kier molecular flexibility index (Phi) is 5.05. The van der Waals surface area contributed by atoms with Crippen LogP contribution in [0, 0.1) is 11.6 Å². The van der Waals surface area contributed by atoms with Gasteiger partial charge in [-0.3, -0.25) is 5.32 Å². The van der Waals surface area contributed by atoms with Gasteiger partial charge in [0.25, 0.3) is 0 Å². The van der Waals surface area contributed by atoms with Crippen LogP contribution in [0.3, 0.4) is 0 Å². The van der Waals surface area contributed by atoms with Crippen molar-refractivity contribution in [3.05, 3.63) is 47.8 Å². The molecule has 1 heterocycles. The summed E-state index contributed by atoms with van der Waals surface area (Å²) < 4.78 is 31.2. The Morgan fingerprint density at radius 1 is 1.26 bits per heavy atom. The number of amides is 2. The van der Waals surface area contributed by atoms with Crippen LogP contribution in [0.1, 0.15) is 18.5 Å². The third-order valence-corrected chi connectivity index (χ3v) is 3.41. The summed E-state index contributed by atoms with van der Waals surface area (Å²) in [6.07, 6.45) is 1.26. The molecule has 0 saturated heterocycles. The van der Waals surface area contributed by atoms with E-state index in [4.69, 9.17) is 4.74 Å². The number of hydrogen-bond donors (Lipinski definition) is 1. The average Bonchev–Trinajstić information content (AvgIpc) is 2.56. The molecule has 2 aromatic rings. The Balaban J connectivity index is 2.10. The summed E-state index contributed by atoms with van der Waals surface area (Å²) in [4.78, 5) is 21.3. The predicted octanol–water partition coefficient (Wildman–Crippen LogP) is 2.99. The topological polar surface area (TPSA) is 67.3 Å². The number of carbonyl (C=O) groups is 1. The molecule has 0 spiro atoms. The lowest BCUT2D eigenvalue weighted by Gasteiger charge is -2.25. The van der Waals surface area contributed by atoms with Crippen molar-refractivity contribution in [2.45, 2.75) is 13.0 Å². The summed E-state index contributed by atoms with van der Waals surface area (Å²) >= 11 is 0. The molecule has 0 aliphatic heterocycles. The van der Waals surface area contributed by atoms with Crippen LogP contribution in [-0.2, 0) is 0 Å². The van der Waals surface area contributed by atoms with Gasteiger partial charge in [-0.2, -0.15) is 0 Å². The first kappa shape index (κ1) is 16.6. The number of benzene rings is 1. The van der Waals surface area contributed by atoms with E-state index in [9.17, 15) is 13.6 Å². The minimum Gasteiger partial charge on any atom is -0.481 e. The summed E-state index contributed by atoms with van der Waals surface area (Å²) in [6, 6.07) is 4.07. The number of ether oxygens (including phenoxy) is 1. The van der Waals surface area contributed by atoms with Crippen molar-refractivity contribution in [2.24, 2.45) is 0 Å². The molecular formula is C15H16F2N4O2. The number of nitrogens with zero attached hydrogens (tertiary/aromatic N) is 3. The Labute approximate surface area is 132 Å². The number of methoxy groups -OCH3 is 1. The van der Waals surface area contributed by atoms with Gasteiger partial charge in [-0.15, -0.1) is 0 Å². The largest absolute Gasteiger partial charge is 0.481 e. The highest BCUT2D eigenvalue weighted by Crippen LogP contribution is 2.21. The summed E-state index contributed by atoms with van der Waals surface area (Å²) in [5, 5.41) is 2.58. The molecule has 0 aliphatic rings. The van der Waals surface area contributed by atoms with E-state index in [-0.39, 0.29) is 5.82 Å². The second kappa shape index (κ2) is 6.99. The van der Waals surface area contributed by atoms with Gasteiger partial charge in [0.1, 0.15) is 12.1 Å². The third-order valence-electron chi connectivity index (χ3n) is 3.41. The van der Waals surface area contributed by atoms with Gasteiger partial charge < -0.3 is 9.64 Å². The van der Waals surface area contributed by atoms with Crippen LogP contribution in [0.25, 0.3) is 0 Å². The Morgan fingerprint density at radius 3 is 2.65 bits per heavy atom. The normalized spacial score (nSPS) is 11.7. The fourth-order valence-electron chi connectivity index (χ4n) is 1.89. The predicted molar refractivity (Wildman–Crippen MR) is 80.1 cm³/mol. The molecule has 0 unspecified atom stereocenters. The first-order valence-electron chi connectivity index (χ1n) is 6.77. The molecule has 0 saturated carbocycles. The summed E-state index contributed by atoms with van der Waals surface area (Å²) in [7, 11) is 2.99. The number of carbonyl (C=O) groups excluding carboxylic acids is 1. The zero-order valence-electron chi connectivity index (χ0n) is 12.9. The molecule has 1 N–H and O–H groups in total. The summed E-state index contributed by atoms with van der Waals surface area (Å²) in [6.45, 7) is 1.70. The minimum atomic E-state index is -0.955. The van der Waals surface area contributed by atoms with E-state index in [1.807, 2.05) is 0 Å². The van der Waals surface area contributed by atoms with E-state index in [1.165, 1.54) is 30.5 Å². The fraction of sp³-hybridized carbons (Fsp3) is 0.267. The molecule has 0 aliphatic carbocycles. The first-order chi connectivity index (χ1) is 10.9. The van der Waals surface area contributed by atoms with Crippen molar-refractivity contribution in [1.82, 2.24) is 14.9 Å². The molecule has 23 heavy (non-hydrogen) atoms. The van der Waals surface area contributed by atoms with Crippen molar-refractivity contribution < 1.29 is 18.3 Å². The van der Waals surface area contributed by atoms with E-state index in [0.717, 1.165) is 12.1 Å². The van der Waals surface area contributed by atoms with Crippen LogP contribution in [-0.4, -0.2) is 35.1 Å². The first-order valence-corrected chi connectivity index (χ1v) is 6.77. The quantitative estimate of drug-likeness (QED) is 0.939. The molecule has 2 amide bonds. The lowest BCUT2D eigenvalue weighted by molar-refractivity contribution is 0.208. The maximum absolute atomic E-state index is 13.3. The highest BCUT2D eigenvalue weighted by molar-refractivity contribution is 5.88. The lowest BCUT2D eigenvalue weighted by Crippen LogP contribution is -2.34. The van der Waals surface area contributed by atoms with Crippen LogP contribution in [0.5, 0.6) is 5.88 Å². The van der Waals surface area contributed by atoms with Crippen LogP contribution >= 0.6 is 0 Å². The van der Waals surface area contributed by atoms with Gasteiger partial charge in [-0.25, -0.2) is 23.5 Å². The van der Waals surface area contributed by atoms with Crippen molar-refractivity contribution in [2.75, 3.05) is 19.5 Å². The zero-order chi connectivity index (χ0) is 17.0. The van der Waals surface area contributed by atoms with E-state index in [0.29, 0.717) is 11.4 Å². The Hall–Kier alpha value is -2.77. The molecule has 0 fully saturated rings. The maximum atomic E-state index is 13.3. The number of hydrogen-bond acceptors (Lipinski definition) is 4. The number of aromatic nitrogens is 2. The van der Waals surface area contributed by atoms with Crippen molar-refractivity contribution in [3.63, 3.8) is 0 Å². The molecule has 2 rings (SSSR count). The van der Waals surface area contributed by atoms with E-state index >= 15 is 0 Å².